The first kappa shape index (κ1) is 13.1. The van der Waals surface area contributed by atoms with Gasteiger partial charge >= 0.3 is 0 Å². The summed E-state index contributed by atoms with van der Waals surface area (Å²) >= 11 is 11.7. The van der Waals surface area contributed by atoms with E-state index in [2.05, 4.69) is 0 Å². The van der Waals surface area contributed by atoms with Gasteiger partial charge in [0.2, 0.25) is 0 Å². The zero-order valence-corrected chi connectivity index (χ0v) is 10.8. The summed E-state index contributed by atoms with van der Waals surface area (Å²) in [4.78, 5) is 12.0. The van der Waals surface area contributed by atoms with E-state index in [0.29, 0.717) is 21.2 Å². The van der Waals surface area contributed by atoms with Gasteiger partial charge in [0.25, 0.3) is 0 Å². The van der Waals surface area contributed by atoms with Crippen molar-refractivity contribution in [2.24, 2.45) is 0 Å². The minimum absolute atomic E-state index is 0.0350. The molecule has 0 N–H and O–H groups in total. The second-order valence-electron chi connectivity index (χ2n) is 3.82. The Kier molecular flexibility index (Phi) is 4.00. The Labute approximate surface area is 114 Å². The second kappa shape index (κ2) is 5.51. The molecule has 0 fully saturated rings. The monoisotopic (exact) mass is 282 g/mol. The van der Waals surface area contributed by atoms with Crippen LogP contribution in [0.15, 0.2) is 42.5 Å². The molecule has 0 heterocycles. The maximum absolute atomic E-state index is 13.4. The lowest BCUT2D eigenvalue weighted by Gasteiger charge is -2.05. The minimum atomic E-state index is -0.399. The third kappa shape index (κ3) is 2.89. The van der Waals surface area contributed by atoms with Gasteiger partial charge in [-0.2, -0.15) is 0 Å². The second-order valence-corrected chi connectivity index (χ2v) is 4.66. The van der Waals surface area contributed by atoms with Gasteiger partial charge in [0.1, 0.15) is 5.82 Å². The third-order valence-corrected chi connectivity index (χ3v) is 3.10. The van der Waals surface area contributed by atoms with Crippen LogP contribution in [0.1, 0.15) is 15.9 Å². The molecule has 18 heavy (non-hydrogen) atoms. The Balaban J connectivity index is 2.28. The first-order valence-corrected chi connectivity index (χ1v) is 6.05. The third-order valence-electron chi connectivity index (χ3n) is 2.54. The van der Waals surface area contributed by atoms with Gasteiger partial charge in [-0.15, -0.1) is 0 Å². The van der Waals surface area contributed by atoms with Crippen LogP contribution in [0.5, 0.6) is 0 Å². The molecule has 0 bridgehead atoms. The molecule has 0 aromatic heterocycles. The normalized spacial score (nSPS) is 10.4. The quantitative estimate of drug-likeness (QED) is 0.755. The number of carbonyl (C=O) groups excluding carboxylic acids is 1. The summed E-state index contributed by atoms with van der Waals surface area (Å²) in [6.45, 7) is 0. The highest BCUT2D eigenvalue weighted by Crippen LogP contribution is 2.22. The van der Waals surface area contributed by atoms with Gasteiger partial charge in [-0.05, 0) is 29.8 Å². The molecule has 4 heteroatoms. The van der Waals surface area contributed by atoms with Gasteiger partial charge in [0, 0.05) is 17.0 Å². The number of hydrogen-bond acceptors (Lipinski definition) is 1. The molecule has 0 unspecified atom stereocenters. The first-order valence-electron chi connectivity index (χ1n) is 5.29. The van der Waals surface area contributed by atoms with E-state index in [1.807, 2.05) is 0 Å². The number of hydrogen-bond donors (Lipinski definition) is 0. The molecule has 0 aliphatic carbocycles. The summed E-state index contributed by atoms with van der Waals surface area (Å²) in [5.74, 6) is -0.656. The Hall–Kier alpha value is -1.38. The fraction of sp³-hybridized carbons (Fsp3) is 0.0714. The summed E-state index contributed by atoms with van der Waals surface area (Å²) in [6.07, 6.45) is -0.0350. The summed E-state index contributed by atoms with van der Waals surface area (Å²) < 4.78 is 13.4. The summed E-state index contributed by atoms with van der Waals surface area (Å²) in [5.41, 5.74) is 0.658. The van der Waals surface area contributed by atoms with Crippen molar-refractivity contribution in [1.29, 1.82) is 0 Å². The van der Waals surface area contributed by atoms with Crippen molar-refractivity contribution in [1.82, 2.24) is 0 Å². The molecule has 2 aromatic carbocycles. The van der Waals surface area contributed by atoms with Crippen LogP contribution < -0.4 is 0 Å². The van der Waals surface area contributed by atoms with E-state index in [1.54, 1.807) is 30.3 Å². The maximum Gasteiger partial charge on any atom is 0.168 e. The lowest BCUT2D eigenvalue weighted by atomic mass is 10.0. The molecule has 0 radical (unpaired) electrons. The lowest BCUT2D eigenvalue weighted by Crippen LogP contribution is -2.05. The van der Waals surface area contributed by atoms with Crippen molar-refractivity contribution >= 4 is 29.0 Å². The molecule has 0 aliphatic rings. The van der Waals surface area contributed by atoms with Crippen molar-refractivity contribution in [3.63, 3.8) is 0 Å². The molecule has 2 rings (SSSR count). The standard InChI is InChI=1S/C14H9Cl2FO/c15-10-5-6-12(16)11(8-10)14(18)7-9-3-1-2-4-13(9)17/h1-6,8H,7H2. The Morgan fingerprint density at radius 2 is 1.83 bits per heavy atom. The smallest absolute Gasteiger partial charge is 0.168 e. The van der Waals surface area contributed by atoms with Crippen LogP contribution in [0.25, 0.3) is 0 Å². The van der Waals surface area contributed by atoms with Crippen molar-refractivity contribution in [3.05, 3.63) is 69.5 Å². The minimum Gasteiger partial charge on any atom is -0.294 e. The molecule has 1 nitrogen and oxygen atoms in total. The topological polar surface area (TPSA) is 17.1 Å². The number of Topliss-reactive ketones (excluding diaryl/α,β-unsaturated/α-hetero) is 1. The molecule has 0 spiro atoms. The Morgan fingerprint density at radius 1 is 1.11 bits per heavy atom. The molecule has 92 valence electrons. The highest BCUT2D eigenvalue weighted by molar-refractivity contribution is 6.35. The molecule has 0 amide bonds. The Bertz CT molecular complexity index is 596. The van der Waals surface area contributed by atoms with E-state index in [4.69, 9.17) is 23.2 Å². The van der Waals surface area contributed by atoms with Gasteiger partial charge in [0.05, 0.1) is 5.02 Å². The fourth-order valence-electron chi connectivity index (χ4n) is 1.62. The zero-order chi connectivity index (χ0) is 13.1. The van der Waals surface area contributed by atoms with Crippen LogP contribution in [0.3, 0.4) is 0 Å². The molecule has 0 atom stereocenters. The summed E-state index contributed by atoms with van der Waals surface area (Å²) in [6, 6.07) is 10.8. The van der Waals surface area contributed by atoms with Gasteiger partial charge in [-0.25, -0.2) is 4.39 Å². The van der Waals surface area contributed by atoms with Crippen LogP contribution in [-0.4, -0.2) is 5.78 Å². The SMILES string of the molecule is O=C(Cc1ccccc1F)c1cc(Cl)ccc1Cl. The van der Waals surface area contributed by atoms with Gasteiger partial charge in [-0.1, -0.05) is 41.4 Å². The maximum atomic E-state index is 13.4. The lowest BCUT2D eigenvalue weighted by molar-refractivity contribution is 0.0992. The average molecular weight is 283 g/mol. The Morgan fingerprint density at radius 3 is 2.56 bits per heavy atom. The van der Waals surface area contributed by atoms with E-state index in [1.165, 1.54) is 12.1 Å². The largest absolute Gasteiger partial charge is 0.294 e. The van der Waals surface area contributed by atoms with Crippen LogP contribution in [0.4, 0.5) is 4.39 Å². The molecule has 2 aromatic rings. The van der Waals surface area contributed by atoms with E-state index in [9.17, 15) is 9.18 Å². The molecule has 0 aliphatic heterocycles. The number of rotatable bonds is 3. The number of ketones is 1. The predicted molar refractivity (Wildman–Crippen MR) is 70.9 cm³/mol. The summed E-state index contributed by atoms with van der Waals surface area (Å²) in [7, 11) is 0. The highest BCUT2D eigenvalue weighted by Gasteiger charge is 2.13. The highest BCUT2D eigenvalue weighted by atomic mass is 35.5. The van der Waals surface area contributed by atoms with Crippen LogP contribution in [0.2, 0.25) is 10.0 Å². The van der Waals surface area contributed by atoms with Crippen molar-refractivity contribution in [3.8, 4) is 0 Å². The zero-order valence-electron chi connectivity index (χ0n) is 9.29. The summed E-state index contributed by atoms with van der Waals surface area (Å²) in [5, 5.41) is 0.747. The number of benzene rings is 2. The van der Waals surface area contributed by atoms with E-state index < -0.39 is 5.82 Å². The van der Waals surface area contributed by atoms with Gasteiger partial charge < -0.3 is 0 Å². The first-order chi connectivity index (χ1) is 8.58. The van der Waals surface area contributed by atoms with Crippen LogP contribution in [0, 0.1) is 5.82 Å². The predicted octanol–water partition coefficient (Wildman–Crippen LogP) is 4.56. The molecule has 0 saturated heterocycles. The van der Waals surface area contributed by atoms with Gasteiger partial charge in [0.15, 0.2) is 5.78 Å². The molecular formula is C14H9Cl2FO. The molecular weight excluding hydrogens is 274 g/mol. The van der Waals surface area contributed by atoms with Crippen LogP contribution in [-0.2, 0) is 6.42 Å². The van der Waals surface area contributed by atoms with E-state index >= 15 is 0 Å². The number of carbonyl (C=O) groups is 1. The van der Waals surface area contributed by atoms with E-state index in [0.717, 1.165) is 0 Å². The number of halogens is 3. The molecule has 0 saturated carbocycles. The fourth-order valence-corrected chi connectivity index (χ4v) is 2.02. The van der Waals surface area contributed by atoms with Crippen LogP contribution >= 0.6 is 23.2 Å². The van der Waals surface area contributed by atoms with Crippen molar-refractivity contribution < 1.29 is 9.18 Å². The van der Waals surface area contributed by atoms with Crippen molar-refractivity contribution in [2.75, 3.05) is 0 Å². The van der Waals surface area contributed by atoms with Crippen molar-refractivity contribution in [2.45, 2.75) is 6.42 Å². The van der Waals surface area contributed by atoms with E-state index in [-0.39, 0.29) is 12.2 Å². The average Bonchev–Trinajstić information content (AvgIpc) is 2.35. The van der Waals surface area contributed by atoms with Gasteiger partial charge in [-0.3, -0.25) is 4.79 Å².